The Morgan fingerprint density at radius 2 is 0.613 bits per heavy atom. The van der Waals surface area contributed by atoms with Gasteiger partial charge < -0.3 is 64.6 Å². The van der Waals surface area contributed by atoms with E-state index in [1.165, 1.54) is 78.4 Å². The predicted molar refractivity (Wildman–Crippen MR) is 418 cm³/mol. The summed E-state index contributed by atoms with van der Waals surface area (Å²) in [6.07, 6.45) is -9.31. The van der Waals surface area contributed by atoms with E-state index in [0.717, 1.165) is 58.7 Å². The zero-order valence-corrected chi connectivity index (χ0v) is 65.6. The molecule has 16 rings (SSSR count). The first-order chi connectivity index (χ1) is 58.9. The van der Waals surface area contributed by atoms with Gasteiger partial charge in [-0.25, -0.2) is 28.0 Å². The summed E-state index contributed by atoms with van der Waals surface area (Å²) < 4.78 is 126. The lowest BCUT2D eigenvalue weighted by Crippen LogP contribution is -2.54. The molecule has 8 heterocycles. The molecule has 4 saturated heterocycles. The first-order valence-corrected chi connectivity index (χ1v) is 37.0. The number of benzene rings is 8. The van der Waals surface area contributed by atoms with E-state index in [2.05, 4.69) is 94.6 Å². The quantitative estimate of drug-likeness (QED) is 0.0308. The van der Waals surface area contributed by atoms with Gasteiger partial charge in [-0.2, -0.15) is 13.2 Å². The summed E-state index contributed by atoms with van der Waals surface area (Å²) in [6.45, 7) is 0.148. The minimum Gasteiger partial charge on any atom is -0.497 e. The number of nitrogens with one attached hydrogen (secondary N) is 8. The third-order valence-electron chi connectivity index (χ3n) is 20.0. The van der Waals surface area contributed by atoms with E-state index >= 15 is 0 Å². The number of urea groups is 4. The minimum absolute atomic E-state index is 0.0823. The van der Waals surface area contributed by atoms with Crippen molar-refractivity contribution in [3.8, 4) is 76.1 Å². The normalized spacial score (nSPS) is 19.7. The van der Waals surface area contributed by atoms with Gasteiger partial charge in [0.05, 0.1) is 60.2 Å². The number of imide groups is 4. The van der Waals surface area contributed by atoms with Crippen molar-refractivity contribution in [2.75, 3.05) is 54.6 Å². The molecule has 4 atom stereocenters. The van der Waals surface area contributed by atoms with E-state index in [0.29, 0.717) is 62.4 Å². The van der Waals surface area contributed by atoms with Crippen molar-refractivity contribution in [1.82, 2.24) is 62.1 Å². The van der Waals surface area contributed by atoms with Crippen molar-refractivity contribution in [3.63, 3.8) is 0 Å². The second kappa shape index (κ2) is 34.6. The van der Waals surface area contributed by atoms with Crippen LogP contribution in [0.4, 0.5) is 54.3 Å². The maximum absolute atomic E-state index is 13.5. The Morgan fingerprint density at radius 1 is 0.347 bits per heavy atom. The zero-order chi connectivity index (χ0) is 89.0. The number of ether oxygens (including phenoxy) is 5. The van der Waals surface area contributed by atoms with E-state index in [-0.39, 0.29) is 86.1 Å². The molecular weight excluding hydrogens is 1660 g/mol. The highest BCUT2D eigenvalue weighted by Gasteiger charge is 2.53. The molecule has 16 amide bonds. The van der Waals surface area contributed by atoms with Gasteiger partial charge in [0.25, 0.3) is 47.3 Å². The summed E-state index contributed by atoms with van der Waals surface area (Å²) in [5.74, 6) is 17.0. The van der Waals surface area contributed by atoms with Crippen LogP contribution in [0.25, 0.3) is 0 Å². The van der Waals surface area contributed by atoms with Gasteiger partial charge in [-0.05, 0) is 162 Å². The number of carbonyl (C=O) groups is 12. The van der Waals surface area contributed by atoms with Crippen LogP contribution in [0.1, 0.15) is 91.5 Å². The molecule has 0 unspecified atom stereocenters. The fraction of sp³-hybridized carbons (Fsp3) is 0.209. The van der Waals surface area contributed by atoms with Crippen molar-refractivity contribution in [2.24, 2.45) is 0 Å². The number of halogens is 9. The van der Waals surface area contributed by atoms with Crippen LogP contribution in [0.3, 0.4) is 0 Å². The topological polar surface area (TPSA) is 360 Å². The molecule has 0 spiro atoms. The molecule has 0 radical (unpaired) electrons. The van der Waals surface area contributed by atoms with Crippen LogP contribution in [0.5, 0.6) is 28.7 Å². The summed E-state index contributed by atoms with van der Waals surface area (Å²) >= 11 is 5.88. The smallest absolute Gasteiger partial charge is 0.497 e. The van der Waals surface area contributed by atoms with E-state index in [9.17, 15) is 92.7 Å². The van der Waals surface area contributed by atoms with E-state index in [4.69, 9.17) is 30.5 Å². The van der Waals surface area contributed by atoms with Gasteiger partial charge in [-0.3, -0.25) is 59.6 Å². The second-order valence-electron chi connectivity index (χ2n) is 28.3. The van der Waals surface area contributed by atoms with Gasteiger partial charge in [-0.15, -0.1) is 13.2 Å². The van der Waals surface area contributed by atoms with Crippen molar-refractivity contribution in [3.05, 3.63) is 253 Å². The van der Waals surface area contributed by atoms with Crippen molar-refractivity contribution in [1.29, 1.82) is 0 Å². The second-order valence-corrected chi connectivity index (χ2v) is 28.7. The number of fused-ring (bicyclic) bond motifs is 4. The average Bonchev–Trinajstić information content (AvgIpc) is 1.63. The fourth-order valence-electron chi connectivity index (χ4n) is 13.8. The molecule has 8 aromatic carbocycles. The minimum atomic E-state index is -4.83. The molecule has 632 valence electrons. The molecule has 0 aliphatic carbocycles. The van der Waals surface area contributed by atoms with Gasteiger partial charge in [0.2, 0.25) is 22.2 Å². The van der Waals surface area contributed by atoms with Gasteiger partial charge in [0.15, 0.2) is 11.6 Å². The Hall–Kier alpha value is -15.6. The molecule has 124 heavy (non-hydrogen) atoms. The van der Waals surface area contributed by atoms with Crippen LogP contribution in [-0.4, -0.2) is 174 Å². The lowest BCUT2D eigenvalue weighted by molar-refractivity contribution is -0.274. The van der Waals surface area contributed by atoms with Gasteiger partial charge >= 0.3 is 36.7 Å². The van der Waals surface area contributed by atoms with Crippen molar-refractivity contribution < 1.29 is 116 Å². The number of amides is 16. The Morgan fingerprint density at radius 3 is 0.871 bits per heavy atom. The monoisotopic (exact) mass is 1720 g/mol. The molecule has 38 heteroatoms. The number of hydrogen-bond acceptors (Lipinski definition) is 17. The Balaban J connectivity index is 0.000000142. The zero-order valence-electron chi connectivity index (χ0n) is 64.9. The molecular formula is C86H63ClF8N12O17. The average molecular weight is 1720 g/mol. The summed E-state index contributed by atoms with van der Waals surface area (Å²) in [5, 5.41) is 19.0. The number of hydrogen-bond donors (Lipinski definition) is 8. The van der Waals surface area contributed by atoms with E-state index in [1.54, 1.807) is 91.0 Å². The molecule has 8 aliphatic heterocycles. The maximum Gasteiger partial charge on any atom is 0.573 e. The number of rotatable bonds is 13. The third-order valence-corrected chi connectivity index (χ3v) is 20.3. The third kappa shape index (κ3) is 18.8. The molecule has 8 aliphatic rings. The standard InChI is InChI=1S/C22H16F3N3O5.C22H16F3N3O4.C21H16ClN3O4.C21H15F2N3O4/c1-32-16-7-4-14-11-28(18(29)17(14)10-16)12-21(19(30)26-20(31)27-21)9-8-13-2-5-15(6-3-13)33-22(23,24)25;1-32-16-7-4-14-11-28(18(29)17(14)10-16)12-21(19(30)26-20(31)27-21)9-8-13-2-5-15(6-3-13)22(23,24)25;1-29-16-7-4-14-11-25(18(26)17(14)10-16)12-21(19(27)23-20(28)24-21)9-8-13-2-5-15(22)6-3-13;1-30-14-4-3-13-10-26(18(27)15(13)9-14)11-21(19(28)24-20(29)25-21)7-6-12-2-5-16(22)17(23)8-12/h2-7,10H,11-12H2,1H3,(H2,26,27,30,31);2-7,10H,11-12H2,1H3,(H2,26,27,30,31);2-7,10H,11-12H2,1H3,(H2,23,24,27,28);2-5,8-9H,10-11H2,1H3,(H2,24,25,28,29)/t4*21-/m1111/s1. The van der Waals surface area contributed by atoms with Crippen LogP contribution < -0.4 is 66.2 Å². The Bertz CT molecular complexity index is 6090. The molecule has 8 aromatic rings. The first-order valence-electron chi connectivity index (χ1n) is 36.7. The first kappa shape index (κ1) is 86.2. The predicted octanol–water partition coefficient (Wildman–Crippen LogP) is 7.97. The highest BCUT2D eigenvalue weighted by Crippen LogP contribution is 2.36. The van der Waals surface area contributed by atoms with Crippen LogP contribution in [-0.2, 0) is 51.5 Å². The lowest BCUT2D eigenvalue weighted by atomic mass is 9.99. The summed E-state index contributed by atoms with van der Waals surface area (Å²) in [6, 6.07) is 36.0. The Labute approximate surface area is 702 Å². The van der Waals surface area contributed by atoms with Gasteiger partial charge in [0.1, 0.15) is 28.7 Å². The molecule has 29 nitrogen and oxygen atoms in total. The highest BCUT2D eigenvalue weighted by molar-refractivity contribution is 6.30. The SMILES string of the molecule is COc1ccc2c(c1)C(=O)N(C[C@@]1(C#Cc3ccc(C(F)(F)F)cc3)NC(=O)NC1=O)C2.COc1ccc2c(c1)C(=O)N(C[C@@]1(C#Cc3ccc(Cl)cc3)NC(=O)NC1=O)C2.COc1ccc2c(c1)C(=O)N(C[C@@]1(C#Cc3ccc(F)c(F)c3)NC(=O)NC1=O)C2.COc1ccc2c(c1)C(=O)N(C[C@@]1(C#Cc3ccc(OC(F)(F)F)cc3)NC(=O)NC1=O)C2. The van der Waals surface area contributed by atoms with Crippen molar-refractivity contribution in [2.45, 2.75) is 60.9 Å². The molecule has 8 N–H and O–H groups in total. The number of alkyl halides is 6. The molecule has 4 fully saturated rings. The summed E-state index contributed by atoms with van der Waals surface area (Å²) in [7, 11) is 5.96. The molecule has 0 saturated carbocycles. The van der Waals surface area contributed by atoms with E-state index < -0.39 is 105 Å². The number of nitrogens with zero attached hydrogens (tertiary/aromatic N) is 4. The molecule has 0 aromatic heterocycles. The van der Waals surface area contributed by atoms with Gasteiger partial charge in [0, 0.05) is 75.7 Å². The van der Waals surface area contributed by atoms with Gasteiger partial charge in [-0.1, -0.05) is 83.2 Å². The van der Waals surface area contributed by atoms with Crippen LogP contribution in [0.15, 0.2) is 164 Å². The number of methoxy groups -OCH3 is 4. The van der Waals surface area contributed by atoms with E-state index in [1.807, 2.05) is 6.07 Å². The highest BCUT2D eigenvalue weighted by atomic mass is 35.5. The van der Waals surface area contributed by atoms with Crippen molar-refractivity contribution >= 4 is 83.0 Å². The van der Waals surface area contributed by atoms with Crippen LogP contribution in [0.2, 0.25) is 5.02 Å². The molecule has 0 bridgehead atoms. The largest absolute Gasteiger partial charge is 0.573 e. The fourth-order valence-corrected chi connectivity index (χ4v) is 13.9. The van der Waals surface area contributed by atoms with Crippen LogP contribution in [0, 0.1) is 59.0 Å². The lowest BCUT2D eigenvalue weighted by Gasteiger charge is -2.26. The summed E-state index contributed by atoms with van der Waals surface area (Å²) in [5.41, 5.74) is -1.56. The Kier molecular flexibility index (Phi) is 24.1. The maximum atomic E-state index is 13.5. The van der Waals surface area contributed by atoms with Crippen LogP contribution >= 0.6 is 11.6 Å². The number of carbonyl (C=O) groups excluding carboxylic acids is 12. The summed E-state index contributed by atoms with van der Waals surface area (Å²) in [4.78, 5) is 155.